The Morgan fingerprint density at radius 1 is 1.16 bits per heavy atom. The smallest absolute Gasteiger partial charge is 0.398 e. The van der Waals surface area contributed by atoms with Crippen LogP contribution in [-0.4, -0.2) is 35.6 Å². The molecule has 0 aliphatic carbocycles. The summed E-state index contributed by atoms with van der Waals surface area (Å²) in [6.07, 6.45) is -0.691. The molecule has 1 aliphatic heterocycles. The molecule has 1 aromatic carbocycles. The lowest BCUT2D eigenvalue weighted by Gasteiger charge is -2.20. The summed E-state index contributed by atoms with van der Waals surface area (Å²) < 4.78 is 39.6. The second kappa shape index (κ2) is 12.3. The summed E-state index contributed by atoms with van der Waals surface area (Å²) in [7, 11) is 0. The minimum Gasteiger partial charge on any atom is -0.398 e. The van der Waals surface area contributed by atoms with Gasteiger partial charge < -0.3 is 21.3 Å². The van der Waals surface area contributed by atoms with Crippen LogP contribution in [-0.2, 0) is 12.6 Å². The normalized spacial score (nSPS) is 15.8. The van der Waals surface area contributed by atoms with Crippen LogP contribution in [0, 0.1) is 0 Å². The maximum absolute atomic E-state index is 13.2. The molecular formula is C21H31Cl2F3N6. The third kappa shape index (κ3) is 7.28. The molecule has 1 aromatic heterocycles. The van der Waals surface area contributed by atoms with Gasteiger partial charge in [0.2, 0.25) is 5.95 Å². The lowest BCUT2D eigenvalue weighted by atomic mass is 10.1. The molecule has 0 bridgehead atoms. The summed E-state index contributed by atoms with van der Waals surface area (Å²) in [6, 6.07) is 6.14. The van der Waals surface area contributed by atoms with Crippen molar-refractivity contribution in [3.8, 4) is 0 Å². The number of nitrogens with zero attached hydrogens (tertiary/aromatic N) is 3. The number of likely N-dealkylation sites (N-methyl/N-ethyl adjacent to an activating group) is 1. The zero-order chi connectivity index (χ0) is 21.7. The van der Waals surface area contributed by atoms with Gasteiger partial charge in [-0.25, -0.2) is 4.98 Å². The number of unbranched alkanes of at least 4 members (excludes halogenated alkanes) is 1. The van der Waals surface area contributed by atoms with Gasteiger partial charge in [0.1, 0.15) is 5.82 Å². The van der Waals surface area contributed by atoms with E-state index in [1.165, 1.54) is 12.1 Å². The Kier molecular flexibility index (Phi) is 10.8. The molecule has 1 saturated heterocycles. The van der Waals surface area contributed by atoms with Gasteiger partial charge in [-0.1, -0.05) is 20.3 Å². The van der Waals surface area contributed by atoms with E-state index in [1.54, 1.807) is 0 Å². The van der Waals surface area contributed by atoms with E-state index in [0.717, 1.165) is 62.9 Å². The fraction of sp³-hybridized carbons (Fsp3) is 0.524. The van der Waals surface area contributed by atoms with E-state index in [4.69, 9.17) is 5.73 Å². The molecule has 0 saturated carbocycles. The molecule has 3 rings (SSSR count). The molecule has 1 aliphatic rings. The second-order valence-electron chi connectivity index (χ2n) is 7.56. The van der Waals surface area contributed by atoms with E-state index in [2.05, 4.69) is 39.3 Å². The summed E-state index contributed by atoms with van der Waals surface area (Å²) >= 11 is 0. The predicted octanol–water partition coefficient (Wildman–Crippen LogP) is 5.20. The number of anilines is 4. The highest BCUT2D eigenvalue weighted by Crippen LogP contribution is 2.35. The highest BCUT2D eigenvalue weighted by Gasteiger charge is 2.33. The standard InChI is InChI=1S/C21H29F3N6.2ClH/c1-3-5-6-14-12-19(30-10-9-16(13-30)26-4-2)29-20(27-14)28-15-7-8-18(25)17(11-15)21(22,23)24;;/h7-8,11-12,16,26H,3-6,9-10,13,25H2,1-2H3,(H,27,28,29);2*1H/t16-;;/m0../s1. The van der Waals surface area contributed by atoms with Crippen molar-refractivity contribution in [1.82, 2.24) is 15.3 Å². The molecular weight excluding hydrogens is 464 g/mol. The Balaban J connectivity index is 0.00000256. The van der Waals surface area contributed by atoms with Crippen molar-refractivity contribution in [2.75, 3.05) is 35.6 Å². The quantitative estimate of drug-likeness (QED) is 0.438. The first-order valence-electron chi connectivity index (χ1n) is 10.4. The van der Waals surface area contributed by atoms with Gasteiger partial charge in [0.05, 0.1) is 5.56 Å². The van der Waals surface area contributed by atoms with Gasteiger partial charge in [-0.2, -0.15) is 18.2 Å². The topological polar surface area (TPSA) is 79.1 Å². The molecule has 4 N–H and O–H groups in total. The van der Waals surface area contributed by atoms with Crippen molar-refractivity contribution in [1.29, 1.82) is 0 Å². The van der Waals surface area contributed by atoms with Crippen molar-refractivity contribution in [2.45, 2.75) is 51.7 Å². The third-order valence-electron chi connectivity index (χ3n) is 5.17. The van der Waals surface area contributed by atoms with Gasteiger partial charge in [-0.15, -0.1) is 24.8 Å². The van der Waals surface area contributed by atoms with Crippen LogP contribution in [0.1, 0.15) is 44.4 Å². The van der Waals surface area contributed by atoms with Crippen molar-refractivity contribution >= 4 is 48.0 Å². The molecule has 1 atom stereocenters. The SMILES string of the molecule is CCCCc1cc(N2CC[C@H](NCC)C2)nc(Nc2ccc(N)c(C(F)(F)F)c2)n1.Cl.Cl. The van der Waals surface area contributed by atoms with E-state index in [0.29, 0.717) is 12.0 Å². The Bertz CT molecular complexity index is 866. The largest absolute Gasteiger partial charge is 0.418 e. The van der Waals surface area contributed by atoms with Gasteiger partial charge >= 0.3 is 6.18 Å². The zero-order valence-electron chi connectivity index (χ0n) is 18.2. The number of alkyl halides is 3. The lowest BCUT2D eigenvalue weighted by molar-refractivity contribution is -0.136. The monoisotopic (exact) mass is 494 g/mol. The molecule has 32 heavy (non-hydrogen) atoms. The predicted molar refractivity (Wildman–Crippen MR) is 129 cm³/mol. The van der Waals surface area contributed by atoms with Crippen LogP contribution in [0.4, 0.5) is 36.3 Å². The number of nitrogens with two attached hydrogens (primary N) is 1. The average molecular weight is 495 g/mol. The molecule has 2 heterocycles. The first kappa shape index (κ1) is 28.1. The summed E-state index contributed by atoms with van der Waals surface area (Å²) in [5.74, 6) is 1.09. The Labute approximate surface area is 199 Å². The van der Waals surface area contributed by atoms with Crippen LogP contribution < -0.4 is 21.3 Å². The molecule has 2 aromatic rings. The summed E-state index contributed by atoms with van der Waals surface area (Å²) in [5.41, 5.74) is 5.45. The van der Waals surface area contributed by atoms with Crippen LogP contribution in [0.15, 0.2) is 24.3 Å². The molecule has 6 nitrogen and oxygen atoms in total. The molecule has 0 unspecified atom stereocenters. The fourth-order valence-corrected chi connectivity index (χ4v) is 3.62. The number of hydrogen-bond donors (Lipinski definition) is 3. The van der Waals surface area contributed by atoms with Gasteiger partial charge in [0, 0.05) is 42.3 Å². The minimum atomic E-state index is -4.52. The van der Waals surface area contributed by atoms with Crippen molar-refractivity contribution in [2.24, 2.45) is 0 Å². The van der Waals surface area contributed by atoms with Gasteiger partial charge in [-0.05, 0) is 44.0 Å². The number of aromatic nitrogens is 2. The van der Waals surface area contributed by atoms with E-state index in [-0.39, 0.29) is 36.2 Å². The van der Waals surface area contributed by atoms with Gasteiger partial charge in [-0.3, -0.25) is 0 Å². The molecule has 1 fully saturated rings. The zero-order valence-corrected chi connectivity index (χ0v) is 19.8. The number of aryl methyl sites for hydroxylation is 1. The van der Waals surface area contributed by atoms with Crippen molar-refractivity contribution in [3.63, 3.8) is 0 Å². The van der Waals surface area contributed by atoms with E-state index < -0.39 is 11.7 Å². The Morgan fingerprint density at radius 2 is 1.91 bits per heavy atom. The maximum Gasteiger partial charge on any atom is 0.418 e. The Morgan fingerprint density at radius 3 is 2.56 bits per heavy atom. The number of hydrogen-bond acceptors (Lipinski definition) is 6. The highest BCUT2D eigenvalue weighted by atomic mass is 35.5. The lowest BCUT2D eigenvalue weighted by Crippen LogP contribution is -2.32. The average Bonchev–Trinajstić information content (AvgIpc) is 3.16. The molecule has 0 radical (unpaired) electrons. The molecule has 0 spiro atoms. The fourth-order valence-electron chi connectivity index (χ4n) is 3.62. The number of benzene rings is 1. The number of nitrogens with one attached hydrogen (secondary N) is 2. The highest BCUT2D eigenvalue weighted by molar-refractivity contribution is 5.85. The van der Waals surface area contributed by atoms with Crippen molar-refractivity contribution in [3.05, 3.63) is 35.5 Å². The molecule has 180 valence electrons. The number of nitrogen functional groups attached to an aromatic ring is 1. The van der Waals surface area contributed by atoms with E-state index in [9.17, 15) is 13.2 Å². The van der Waals surface area contributed by atoms with Gasteiger partial charge in [0.25, 0.3) is 0 Å². The maximum atomic E-state index is 13.2. The van der Waals surface area contributed by atoms with Crippen LogP contribution >= 0.6 is 24.8 Å². The first-order valence-corrected chi connectivity index (χ1v) is 10.4. The summed E-state index contributed by atoms with van der Waals surface area (Å²) in [4.78, 5) is 11.3. The second-order valence-corrected chi connectivity index (χ2v) is 7.56. The van der Waals surface area contributed by atoms with E-state index >= 15 is 0 Å². The molecule has 11 heteroatoms. The van der Waals surface area contributed by atoms with Crippen LogP contribution in [0.5, 0.6) is 0 Å². The summed E-state index contributed by atoms with van der Waals surface area (Å²) in [6.45, 7) is 6.82. The number of rotatable bonds is 8. The van der Waals surface area contributed by atoms with Crippen molar-refractivity contribution < 1.29 is 13.2 Å². The van der Waals surface area contributed by atoms with Gasteiger partial charge in [0.15, 0.2) is 0 Å². The van der Waals surface area contributed by atoms with Crippen LogP contribution in [0.3, 0.4) is 0 Å². The third-order valence-corrected chi connectivity index (χ3v) is 5.17. The molecule has 0 amide bonds. The van der Waals surface area contributed by atoms with E-state index in [1.807, 2.05) is 6.07 Å². The minimum absolute atomic E-state index is 0. The van der Waals surface area contributed by atoms with Crippen LogP contribution in [0.25, 0.3) is 0 Å². The Hall–Kier alpha value is -1.97. The summed E-state index contributed by atoms with van der Waals surface area (Å²) in [5, 5.41) is 6.39. The van der Waals surface area contributed by atoms with Crippen LogP contribution in [0.2, 0.25) is 0 Å². The first-order chi connectivity index (χ1) is 14.3. The number of halogens is 5.